The van der Waals surface area contributed by atoms with Gasteiger partial charge < -0.3 is 15.2 Å². The highest BCUT2D eigenvalue weighted by molar-refractivity contribution is 7.15. The van der Waals surface area contributed by atoms with E-state index in [1.54, 1.807) is 0 Å². The lowest BCUT2D eigenvalue weighted by Gasteiger charge is -2.12. The molecule has 0 radical (unpaired) electrons. The number of nitrogen functional groups attached to an aromatic ring is 1. The monoisotopic (exact) mass is 278 g/mol. The summed E-state index contributed by atoms with van der Waals surface area (Å²) in [7, 11) is 0. The van der Waals surface area contributed by atoms with Gasteiger partial charge in [0.05, 0.1) is 13.2 Å². The van der Waals surface area contributed by atoms with Crippen LogP contribution in [-0.4, -0.2) is 18.2 Å². The molecule has 1 aromatic heterocycles. The number of ether oxygens (including phenoxy) is 2. The Hall–Kier alpha value is -1.75. The smallest absolute Gasteiger partial charge is 0.180 e. The molecule has 2 N–H and O–H groups in total. The van der Waals surface area contributed by atoms with Crippen molar-refractivity contribution in [3.8, 4) is 11.5 Å². The van der Waals surface area contributed by atoms with E-state index in [4.69, 9.17) is 15.2 Å². The molecule has 4 nitrogen and oxygen atoms in total. The van der Waals surface area contributed by atoms with Crippen LogP contribution in [0.4, 0.5) is 5.13 Å². The highest BCUT2D eigenvalue weighted by atomic mass is 32.1. The number of rotatable bonds is 6. The lowest BCUT2D eigenvalue weighted by atomic mass is 10.1. The van der Waals surface area contributed by atoms with E-state index in [9.17, 15) is 0 Å². The Morgan fingerprint density at radius 1 is 1.16 bits per heavy atom. The summed E-state index contributed by atoms with van der Waals surface area (Å²) in [5.41, 5.74) is 6.80. The Bertz CT molecular complexity index is 540. The quantitative estimate of drug-likeness (QED) is 0.882. The number of hydrogen-bond donors (Lipinski definition) is 1. The molecule has 0 amide bonds. The van der Waals surface area contributed by atoms with Gasteiger partial charge in [-0.3, -0.25) is 0 Å². The molecule has 0 fully saturated rings. The number of aromatic nitrogens is 1. The maximum absolute atomic E-state index is 5.64. The van der Waals surface area contributed by atoms with Gasteiger partial charge in [-0.25, -0.2) is 4.98 Å². The summed E-state index contributed by atoms with van der Waals surface area (Å²) in [6.07, 6.45) is 2.62. The van der Waals surface area contributed by atoms with Crippen molar-refractivity contribution >= 4 is 16.5 Å². The largest absolute Gasteiger partial charge is 0.490 e. The van der Waals surface area contributed by atoms with Crippen LogP contribution >= 0.6 is 11.3 Å². The van der Waals surface area contributed by atoms with Crippen molar-refractivity contribution in [1.82, 2.24) is 4.98 Å². The van der Waals surface area contributed by atoms with Crippen molar-refractivity contribution in [3.05, 3.63) is 34.8 Å². The van der Waals surface area contributed by atoms with E-state index >= 15 is 0 Å². The van der Waals surface area contributed by atoms with E-state index in [1.165, 1.54) is 11.3 Å². The molecule has 0 saturated carbocycles. The van der Waals surface area contributed by atoms with Gasteiger partial charge in [0.1, 0.15) is 0 Å². The standard InChI is InChI=1S/C14H18N2O2S/c1-3-17-12-6-5-10(8-13(12)18-4-2)7-11-9-16-14(15)19-11/h5-6,8-9H,3-4,7H2,1-2H3,(H2,15,16). The average Bonchev–Trinajstić information content (AvgIpc) is 2.79. The molecular formula is C14H18N2O2S. The van der Waals surface area contributed by atoms with Crippen LogP contribution in [0.3, 0.4) is 0 Å². The van der Waals surface area contributed by atoms with Crippen molar-refractivity contribution in [3.63, 3.8) is 0 Å². The van der Waals surface area contributed by atoms with Gasteiger partial charge >= 0.3 is 0 Å². The van der Waals surface area contributed by atoms with E-state index in [0.29, 0.717) is 18.3 Å². The van der Waals surface area contributed by atoms with Crippen molar-refractivity contribution in [2.45, 2.75) is 20.3 Å². The third-order valence-corrected chi connectivity index (χ3v) is 3.38. The predicted molar refractivity (Wildman–Crippen MR) is 78.1 cm³/mol. The van der Waals surface area contributed by atoms with Crippen LogP contribution in [0.5, 0.6) is 11.5 Å². The molecule has 0 bridgehead atoms. The Balaban J connectivity index is 2.19. The molecule has 5 heteroatoms. The van der Waals surface area contributed by atoms with E-state index in [-0.39, 0.29) is 0 Å². The first-order valence-corrected chi connectivity index (χ1v) is 7.13. The van der Waals surface area contributed by atoms with Gasteiger partial charge in [0, 0.05) is 17.5 Å². The van der Waals surface area contributed by atoms with Gasteiger partial charge in [-0.2, -0.15) is 0 Å². The minimum Gasteiger partial charge on any atom is -0.490 e. The second kappa shape index (κ2) is 6.43. The van der Waals surface area contributed by atoms with Gasteiger partial charge in [0.25, 0.3) is 0 Å². The van der Waals surface area contributed by atoms with Crippen LogP contribution in [0, 0.1) is 0 Å². The molecule has 0 saturated heterocycles. The summed E-state index contributed by atoms with van der Waals surface area (Å²) in [6.45, 7) is 5.18. The van der Waals surface area contributed by atoms with Crippen LogP contribution in [0.1, 0.15) is 24.3 Å². The fraction of sp³-hybridized carbons (Fsp3) is 0.357. The number of nitrogens with zero attached hydrogens (tertiary/aromatic N) is 1. The summed E-state index contributed by atoms with van der Waals surface area (Å²) >= 11 is 1.51. The lowest BCUT2D eigenvalue weighted by Crippen LogP contribution is -1.99. The normalized spacial score (nSPS) is 10.4. The fourth-order valence-electron chi connectivity index (χ4n) is 1.81. The fourth-order valence-corrected chi connectivity index (χ4v) is 2.53. The minimum absolute atomic E-state index is 0.603. The van der Waals surface area contributed by atoms with Gasteiger partial charge in [-0.1, -0.05) is 6.07 Å². The first-order valence-electron chi connectivity index (χ1n) is 6.31. The molecule has 0 aliphatic carbocycles. The van der Waals surface area contributed by atoms with E-state index < -0.39 is 0 Å². The number of anilines is 1. The van der Waals surface area contributed by atoms with Crippen molar-refractivity contribution < 1.29 is 9.47 Å². The van der Waals surface area contributed by atoms with E-state index in [2.05, 4.69) is 4.98 Å². The third kappa shape index (κ3) is 3.61. The second-order valence-electron chi connectivity index (χ2n) is 3.99. The Labute approximate surface area is 117 Å². The summed E-state index contributed by atoms with van der Waals surface area (Å²) < 4.78 is 11.2. The average molecular weight is 278 g/mol. The highest BCUT2D eigenvalue weighted by Gasteiger charge is 2.07. The van der Waals surface area contributed by atoms with Gasteiger partial charge in [0.2, 0.25) is 0 Å². The molecular weight excluding hydrogens is 260 g/mol. The highest BCUT2D eigenvalue weighted by Crippen LogP contribution is 2.30. The first kappa shape index (κ1) is 13.7. The molecule has 1 heterocycles. The van der Waals surface area contributed by atoms with Gasteiger partial charge in [-0.15, -0.1) is 11.3 Å². The number of benzene rings is 1. The van der Waals surface area contributed by atoms with Gasteiger partial charge in [0.15, 0.2) is 16.6 Å². The van der Waals surface area contributed by atoms with Crippen molar-refractivity contribution in [1.29, 1.82) is 0 Å². The molecule has 2 aromatic rings. The summed E-state index contributed by atoms with van der Waals surface area (Å²) in [4.78, 5) is 5.20. The predicted octanol–water partition coefficient (Wildman–Crippen LogP) is 3.11. The van der Waals surface area contributed by atoms with Gasteiger partial charge in [-0.05, 0) is 31.5 Å². The van der Waals surface area contributed by atoms with E-state index in [1.807, 2.05) is 38.2 Å². The summed E-state index contributed by atoms with van der Waals surface area (Å²) in [5.74, 6) is 1.58. The zero-order valence-electron chi connectivity index (χ0n) is 11.2. The zero-order valence-corrected chi connectivity index (χ0v) is 12.0. The minimum atomic E-state index is 0.603. The molecule has 0 aliphatic heterocycles. The molecule has 0 spiro atoms. The van der Waals surface area contributed by atoms with E-state index in [0.717, 1.165) is 28.4 Å². The van der Waals surface area contributed by atoms with Crippen LogP contribution < -0.4 is 15.2 Å². The van der Waals surface area contributed by atoms with Crippen LogP contribution in [0.15, 0.2) is 24.4 Å². The molecule has 102 valence electrons. The number of thiazole rings is 1. The molecule has 19 heavy (non-hydrogen) atoms. The maximum atomic E-state index is 5.64. The number of hydrogen-bond acceptors (Lipinski definition) is 5. The molecule has 0 atom stereocenters. The molecule has 2 rings (SSSR count). The Kier molecular flexibility index (Phi) is 4.63. The summed E-state index contributed by atoms with van der Waals surface area (Å²) in [5, 5.41) is 0.603. The SMILES string of the molecule is CCOc1ccc(Cc2cnc(N)s2)cc1OCC. The van der Waals surface area contributed by atoms with Crippen LogP contribution in [0.2, 0.25) is 0 Å². The second-order valence-corrected chi connectivity index (χ2v) is 5.14. The van der Waals surface area contributed by atoms with Crippen molar-refractivity contribution in [2.75, 3.05) is 18.9 Å². The third-order valence-electron chi connectivity index (χ3n) is 2.56. The van der Waals surface area contributed by atoms with Crippen LogP contribution in [0.25, 0.3) is 0 Å². The Morgan fingerprint density at radius 2 is 1.89 bits per heavy atom. The topological polar surface area (TPSA) is 57.4 Å². The Morgan fingerprint density at radius 3 is 2.53 bits per heavy atom. The first-order chi connectivity index (χ1) is 9.22. The molecule has 1 aromatic carbocycles. The number of nitrogens with two attached hydrogens (primary N) is 1. The lowest BCUT2D eigenvalue weighted by molar-refractivity contribution is 0.287. The molecule has 0 aliphatic rings. The summed E-state index contributed by atoms with van der Waals surface area (Å²) in [6, 6.07) is 6.02. The van der Waals surface area contributed by atoms with Crippen LogP contribution in [-0.2, 0) is 6.42 Å². The zero-order chi connectivity index (χ0) is 13.7. The molecule has 0 unspecified atom stereocenters. The maximum Gasteiger partial charge on any atom is 0.180 e. The van der Waals surface area contributed by atoms with Crippen molar-refractivity contribution in [2.24, 2.45) is 0 Å².